The van der Waals surface area contributed by atoms with E-state index in [1.807, 2.05) is 6.20 Å². The molecule has 1 saturated carbocycles. The Bertz CT molecular complexity index is 424. The van der Waals surface area contributed by atoms with Gasteiger partial charge in [-0.05, 0) is 25.7 Å². The molecule has 1 amide bonds. The summed E-state index contributed by atoms with van der Waals surface area (Å²) in [5, 5.41) is 11.5. The number of carbonyl (C=O) groups excluding carboxylic acids is 1. The van der Waals surface area contributed by atoms with Crippen molar-refractivity contribution in [1.82, 2.24) is 25.2 Å². The van der Waals surface area contributed by atoms with E-state index in [2.05, 4.69) is 22.6 Å². The zero-order valence-electron chi connectivity index (χ0n) is 12.0. The molecule has 19 heavy (non-hydrogen) atoms. The topological polar surface area (TPSA) is 63.1 Å². The Labute approximate surface area is 114 Å². The van der Waals surface area contributed by atoms with Gasteiger partial charge in [-0.1, -0.05) is 11.6 Å². The van der Waals surface area contributed by atoms with Crippen molar-refractivity contribution in [3.63, 3.8) is 0 Å². The molecule has 1 fully saturated rings. The third kappa shape index (κ3) is 3.76. The van der Waals surface area contributed by atoms with Gasteiger partial charge in [0.05, 0.1) is 11.9 Å². The van der Waals surface area contributed by atoms with Crippen LogP contribution in [0.4, 0.5) is 0 Å². The summed E-state index contributed by atoms with van der Waals surface area (Å²) in [7, 11) is 3.48. The largest absolute Gasteiger partial charge is 0.347 e. The van der Waals surface area contributed by atoms with Crippen molar-refractivity contribution in [2.24, 2.45) is 5.92 Å². The molecule has 0 aromatic carbocycles. The van der Waals surface area contributed by atoms with E-state index in [1.165, 1.54) is 19.3 Å². The Hall–Kier alpha value is -1.43. The average molecular weight is 265 g/mol. The predicted molar refractivity (Wildman–Crippen MR) is 72.4 cm³/mol. The molecule has 1 unspecified atom stereocenters. The van der Waals surface area contributed by atoms with Crippen LogP contribution in [0, 0.1) is 5.92 Å². The second-order valence-corrected chi connectivity index (χ2v) is 5.56. The number of rotatable bonds is 6. The number of nitrogens with one attached hydrogen (secondary N) is 1. The lowest BCUT2D eigenvalue weighted by atomic mass is 9.80. The third-order valence-electron chi connectivity index (χ3n) is 3.84. The first-order chi connectivity index (χ1) is 9.06. The minimum atomic E-state index is 0.0206. The summed E-state index contributed by atoms with van der Waals surface area (Å²) >= 11 is 0. The van der Waals surface area contributed by atoms with Crippen molar-refractivity contribution in [3.05, 3.63) is 11.9 Å². The second kappa shape index (κ2) is 6.14. The summed E-state index contributed by atoms with van der Waals surface area (Å²) in [5.41, 5.74) is 0.887. The Morgan fingerprint density at radius 3 is 2.89 bits per heavy atom. The molecule has 1 atom stereocenters. The van der Waals surface area contributed by atoms with Crippen molar-refractivity contribution in [2.45, 2.75) is 45.3 Å². The molecule has 0 aliphatic heterocycles. The Kier molecular flexibility index (Phi) is 4.52. The van der Waals surface area contributed by atoms with Crippen LogP contribution in [0.3, 0.4) is 0 Å². The van der Waals surface area contributed by atoms with Crippen LogP contribution in [-0.4, -0.2) is 45.9 Å². The van der Waals surface area contributed by atoms with E-state index in [-0.39, 0.29) is 12.5 Å². The molecule has 1 aromatic heterocycles. The Morgan fingerprint density at radius 2 is 2.32 bits per heavy atom. The maximum Gasteiger partial charge on any atom is 0.243 e. The Balaban J connectivity index is 1.78. The molecule has 6 nitrogen and oxygen atoms in total. The lowest BCUT2D eigenvalue weighted by Crippen LogP contribution is -2.36. The van der Waals surface area contributed by atoms with E-state index < -0.39 is 0 Å². The van der Waals surface area contributed by atoms with Crippen molar-refractivity contribution >= 4 is 5.91 Å². The van der Waals surface area contributed by atoms with Gasteiger partial charge in [0.15, 0.2) is 0 Å². The lowest BCUT2D eigenvalue weighted by Gasteiger charge is -2.31. The van der Waals surface area contributed by atoms with Crippen LogP contribution in [0.2, 0.25) is 0 Å². The number of carbonyl (C=O) groups is 1. The minimum absolute atomic E-state index is 0.0206. The minimum Gasteiger partial charge on any atom is -0.347 e. The maximum atomic E-state index is 11.5. The quantitative estimate of drug-likeness (QED) is 0.820. The van der Waals surface area contributed by atoms with Gasteiger partial charge < -0.3 is 10.2 Å². The number of hydrogen-bond acceptors (Lipinski definition) is 4. The smallest absolute Gasteiger partial charge is 0.243 e. The van der Waals surface area contributed by atoms with Crippen LogP contribution in [0.15, 0.2) is 6.20 Å². The third-order valence-corrected chi connectivity index (χ3v) is 3.84. The fourth-order valence-corrected chi connectivity index (χ4v) is 2.15. The molecule has 6 heteroatoms. The molecule has 1 aliphatic carbocycles. The van der Waals surface area contributed by atoms with E-state index in [0.29, 0.717) is 12.6 Å². The molecule has 1 aliphatic rings. The summed E-state index contributed by atoms with van der Waals surface area (Å²) in [4.78, 5) is 13.1. The SMILES string of the molecule is CC(NCc1cn(CC(=O)N(C)C)nn1)C1CCC1. The highest BCUT2D eigenvalue weighted by Crippen LogP contribution is 2.29. The van der Waals surface area contributed by atoms with Gasteiger partial charge in [-0.15, -0.1) is 5.10 Å². The van der Waals surface area contributed by atoms with E-state index in [4.69, 9.17) is 0 Å². The van der Waals surface area contributed by atoms with Gasteiger partial charge in [-0.2, -0.15) is 0 Å². The summed E-state index contributed by atoms with van der Waals surface area (Å²) in [6, 6.07) is 0.530. The van der Waals surface area contributed by atoms with Gasteiger partial charge >= 0.3 is 0 Å². The van der Waals surface area contributed by atoms with Gasteiger partial charge in [0, 0.05) is 26.7 Å². The van der Waals surface area contributed by atoms with Crippen LogP contribution in [0.25, 0.3) is 0 Å². The monoisotopic (exact) mass is 265 g/mol. The highest BCUT2D eigenvalue weighted by Gasteiger charge is 2.23. The Morgan fingerprint density at radius 1 is 1.58 bits per heavy atom. The van der Waals surface area contributed by atoms with E-state index in [0.717, 1.165) is 11.6 Å². The van der Waals surface area contributed by atoms with Gasteiger partial charge in [0.2, 0.25) is 5.91 Å². The summed E-state index contributed by atoms with van der Waals surface area (Å²) in [5.74, 6) is 0.831. The molecule has 0 radical (unpaired) electrons. The van der Waals surface area contributed by atoms with Gasteiger partial charge in [-0.3, -0.25) is 4.79 Å². The normalized spacial score (nSPS) is 17.0. The van der Waals surface area contributed by atoms with E-state index >= 15 is 0 Å². The van der Waals surface area contributed by atoms with Crippen molar-refractivity contribution in [3.8, 4) is 0 Å². The standard InChI is InChI=1S/C13H23N5O/c1-10(11-5-4-6-11)14-7-12-8-18(16-15-12)9-13(19)17(2)3/h8,10-11,14H,4-7,9H2,1-3H3. The zero-order chi connectivity index (χ0) is 13.8. The maximum absolute atomic E-state index is 11.5. The van der Waals surface area contributed by atoms with Crippen molar-refractivity contribution in [2.75, 3.05) is 14.1 Å². The van der Waals surface area contributed by atoms with Gasteiger partial charge in [0.1, 0.15) is 6.54 Å². The number of amides is 1. The highest BCUT2D eigenvalue weighted by molar-refractivity contribution is 5.75. The lowest BCUT2D eigenvalue weighted by molar-refractivity contribution is -0.129. The number of aromatic nitrogens is 3. The molecule has 2 rings (SSSR count). The van der Waals surface area contributed by atoms with Crippen LogP contribution in [-0.2, 0) is 17.9 Å². The molecule has 0 spiro atoms. The number of hydrogen-bond donors (Lipinski definition) is 1. The molecule has 0 saturated heterocycles. The van der Waals surface area contributed by atoms with Crippen molar-refractivity contribution < 1.29 is 4.79 Å². The van der Waals surface area contributed by atoms with Crippen LogP contribution in [0.1, 0.15) is 31.9 Å². The van der Waals surface area contributed by atoms with Gasteiger partial charge in [-0.25, -0.2) is 4.68 Å². The summed E-state index contributed by atoms with van der Waals surface area (Å²) in [6.45, 7) is 3.19. The van der Waals surface area contributed by atoms with Gasteiger partial charge in [0.25, 0.3) is 0 Å². The van der Waals surface area contributed by atoms with E-state index in [1.54, 1.807) is 23.7 Å². The first-order valence-electron chi connectivity index (χ1n) is 6.89. The summed E-state index contributed by atoms with van der Waals surface area (Å²) in [6.07, 6.45) is 5.86. The molecular weight excluding hydrogens is 242 g/mol. The molecule has 106 valence electrons. The predicted octanol–water partition coefficient (Wildman–Crippen LogP) is 0.644. The molecule has 0 bridgehead atoms. The molecule has 1 aromatic rings. The highest BCUT2D eigenvalue weighted by atomic mass is 16.2. The van der Waals surface area contributed by atoms with Crippen LogP contribution >= 0.6 is 0 Å². The molecule has 1 N–H and O–H groups in total. The fourth-order valence-electron chi connectivity index (χ4n) is 2.15. The second-order valence-electron chi connectivity index (χ2n) is 5.56. The number of nitrogens with zero attached hydrogens (tertiary/aromatic N) is 4. The zero-order valence-corrected chi connectivity index (χ0v) is 12.0. The summed E-state index contributed by atoms with van der Waals surface area (Å²) < 4.78 is 1.59. The van der Waals surface area contributed by atoms with Crippen LogP contribution < -0.4 is 5.32 Å². The first-order valence-corrected chi connectivity index (χ1v) is 6.89. The van der Waals surface area contributed by atoms with Crippen LogP contribution in [0.5, 0.6) is 0 Å². The molecule has 1 heterocycles. The fraction of sp³-hybridized carbons (Fsp3) is 0.769. The average Bonchev–Trinajstić information content (AvgIpc) is 2.71. The van der Waals surface area contributed by atoms with E-state index in [9.17, 15) is 4.79 Å². The molecular formula is C13H23N5O. The first kappa shape index (κ1) is 14.0. The van der Waals surface area contributed by atoms with Crippen molar-refractivity contribution in [1.29, 1.82) is 0 Å². The number of likely N-dealkylation sites (N-methyl/N-ethyl adjacent to an activating group) is 1.